The lowest BCUT2D eigenvalue weighted by molar-refractivity contribution is -0.118. The minimum atomic E-state index is -0.537. The molecule has 0 saturated heterocycles. The molecule has 0 saturated carbocycles. The van der Waals surface area contributed by atoms with Gasteiger partial charge in [0, 0.05) is 23.4 Å². The average molecular weight is 585 g/mol. The van der Waals surface area contributed by atoms with Gasteiger partial charge in [0.15, 0.2) is 10.1 Å². The van der Waals surface area contributed by atoms with Crippen molar-refractivity contribution in [3.63, 3.8) is 0 Å². The summed E-state index contributed by atoms with van der Waals surface area (Å²) in [6, 6.07) is 16.1. The zero-order valence-corrected chi connectivity index (χ0v) is 25.4. The lowest BCUT2D eigenvalue weighted by Gasteiger charge is -2.42. The van der Waals surface area contributed by atoms with Crippen LogP contribution in [0.15, 0.2) is 69.5 Å². The summed E-state index contributed by atoms with van der Waals surface area (Å²) in [6.45, 7) is 10.0. The fraction of sp³-hybridized carbons (Fsp3) is 0.323. The van der Waals surface area contributed by atoms with E-state index in [9.17, 15) is 14.9 Å². The normalized spacial score (nSPS) is 18.3. The van der Waals surface area contributed by atoms with Crippen molar-refractivity contribution in [2.24, 2.45) is 11.1 Å². The highest BCUT2D eigenvalue weighted by molar-refractivity contribution is 8.01. The molecule has 1 atom stereocenters. The Bertz CT molecular complexity index is 1640. The van der Waals surface area contributed by atoms with Gasteiger partial charge in [-0.1, -0.05) is 85.0 Å². The first-order valence-corrected chi connectivity index (χ1v) is 15.1. The number of anilines is 2. The van der Waals surface area contributed by atoms with Gasteiger partial charge in [0.05, 0.1) is 23.3 Å². The summed E-state index contributed by atoms with van der Waals surface area (Å²) >= 11 is 2.57. The molecule has 8 nitrogen and oxygen atoms in total. The minimum absolute atomic E-state index is 0.00953. The van der Waals surface area contributed by atoms with E-state index in [1.807, 2.05) is 63.2 Å². The molecule has 2 heterocycles. The lowest BCUT2D eigenvalue weighted by Crippen LogP contribution is -2.42. The van der Waals surface area contributed by atoms with E-state index < -0.39 is 5.92 Å². The van der Waals surface area contributed by atoms with Crippen LogP contribution in [-0.2, 0) is 9.59 Å². The van der Waals surface area contributed by atoms with E-state index in [4.69, 9.17) is 5.73 Å². The van der Waals surface area contributed by atoms with Crippen LogP contribution in [0.3, 0.4) is 0 Å². The van der Waals surface area contributed by atoms with Crippen LogP contribution in [0.5, 0.6) is 0 Å². The monoisotopic (exact) mass is 584 g/mol. The minimum Gasteiger partial charge on any atom is -0.384 e. The third-order valence-electron chi connectivity index (χ3n) is 7.42. The number of carbonyl (C=O) groups excluding carboxylic acids is 2. The molecule has 41 heavy (non-hydrogen) atoms. The zero-order valence-electron chi connectivity index (χ0n) is 23.7. The van der Waals surface area contributed by atoms with Gasteiger partial charge >= 0.3 is 0 Å². The summed E-state index contributed by atoms with van der Waals surface area (Å²) in [5, 5.41) is 22.5. The van der Waals surface area contributed by atoms with Crippen molar-refractivity contribution < 1.29 is 9.59 Å². The van der Waals surface area contributed by atoms with E-state index in [2.05, 4.69) is 35.4 Å². The molecule has 2 aromatic carbocycles. The van der Waals surface area contributed by atoms with Crippen molar-refractivity contribution in [2.45, 2.75) is 57.7 Å². The second-order valence-electron chi connectivity index (χ2n) is 11.3. The van der Waals surface area contributed by atoms with Crippen molar-refractivity contribution in [1.29, 1.82) is 5.26 Å². The van der Waals surface area contributed by atoms with Crippen LogP contribution in [0.1, 0.15) is 54.9 Å². The molecule has 1 aliphatic carbocycles. The van der Waals surface area contributed by atoms with E-state index in [1.165, 1.54) is 23.1 Å². The van der Waals surface area contributed by atoms with Gasteiger partial charge in [-0.3, -0.25) is 14.5 Å². The van der Waals surface area contributed by atoms with Gasteiger partial charge in [0.25, 0.3) is 0 Å². The van der Waals surface area contributed by atoms with Gasteiger partial charge in [-0.15, -0.1) is 10.2 Å². The topological polar surface area (TPSA) is 125 Å². The molecule has 1 amide bonds. The number of carbonyl (C=O) groups is 2. The number of thioether (sulfide) groups is 1. The highest BCUT2D eigenvalue weighted by atomic mass is 32.2. The molecule has 0 bridgehead atoms. The van der Waals surface area contributed by atoms with E-state index in [0.717, 1.165) is 33.6 Å². The molecule has 210 valence electrons. The molecule has 0 fully saturated rings. The van der Waals surface area contributed by atoms with Gasteiger partial charge in [0.2, 0.25) is 11.0 Å². The molecule has 0 radical (unpaired) electrons. The number of rotatable bonds is 6. The van der Waals surface area contributed by atoms with Crippen molar-refractivity contribution in [2.75, 3.05) is 16.0 Å². The van der Waals surface area contributed by atoms with Crippen LogP contribution in [-0.4, -0.2) is 27.6 Å². The first-order chi connectivity index (χ1) is 19.5. The first-order valence-electron chi connectivity index (χ1n) is 13.3. The maximum atomic E-state index is 13.7. The average Bonchev–Trinajstić information content (AvgIpc) is 3.37. The van der Waals surface area contributed by atoms with Crippen molar-refractivity contribution >= 4 is 45.6 Å². The number of aromatic nitrogens is 2. The quantitative estimate of drug-likeness (QED) is 0.331. The second-order valence-corrected chi connectivity index (χ2v) is 13.5. The standard InChI is InChI=1S/C31H32N6O2S2/c1-17-8-6-11-20(12-17)25-21(15-32)28(33)37(22-13-31(4,5)14-23(38)26(22)25)29-35-36-30(41-29)40-16-24(39)34-27-18(2)9-7-10-19(27)3/h6-12,25H,13-14,16,33H2,1-5H3,(H,34,39). The number of aryl methyl sites for hydroxylation is 3. The van der Waals surface area contributed by atoms with Gasteiger partial charge in [-0.2, -0.15) is 5.26 Å². The molecule has 5 rings (SSSR count). The number of hydrogen-bond donors (Lipinski definition) is 2. The molecular weight excluding hydrogens is 553 g/mol. The molecule has 3 aromatic rings. The largest absolute Gasteiger partial charge is 0.384 e. The predicted molar refractivity (Wildman–Crippen MR) is 163 cm³/mol. The van der Waals surface area contributed by atoms with Crippen LogP contribution >= 0.6 is 23.1 Å². The summed E-state index contributed by atoms with van der Waals surface area (Å²) in [6.07, 6.45) is 0.976. The summed E-state index contributed by atoms with van der Waals surface area (Å²) in [5.41, 5.74) is 12.8. The Morgan fingerprint density at radius 1 is 1.17 bits per heavy atom. The fourth-order valence-electron chi connectivity index (χ4n) is 5.58. The van der Waals surface area contributed by atoms with Gasteiger partial charge in [-0.25, -0.2) is 0 Å². The van der Waals surface area contributed by atoms with Crippen LogP contribution in [0.25, 0.3) is 0 Å². The summed E-state index contributed by atoms with van der Waals surface area (Å²) in [5.74, 6) is -0.255. The number of amides is 1. The first kappa shape index (κ1) is 28.6. The maximum absolute atomic E-state index is 13.7. The van der Waals surface area contributed by atoms with Crippen molar-refractivity contribution in [3.05, 3.63) is 87.4 Å². The van der Waals surface area contributed by atoms with Crippen molar-refractivity contribution in [3.8, 4) is 6.07 Å². The predicted octanol–water partition coefficient (Wildman–Crippen LogP) is 6.14. The highest BCUT2D eigenvalue weighted by Gasteiger charge is 2.45. The summed E-state index contributed by atoms with van der Waals surface area (Å²) < 4.78 is 0.590. The van der Waals surface area contributed by atoms with Crippen molar-refractivity contribution in [1.82, 2.24) is 10.2 Å². The van der Waals surface area contributed by atoms with Crippen LogP contribution in [0.2, 0.25) is 0 Å². The summed E-state index contributed by atoms with van der Waals surface area (Å²) in [4.78, 5) is 28.2. The number of allylic oxidation sites excluding steroid dienone is 3. The Morgan fingerprint density at radius 2 is 1.88 bits per heavy atom. The van der Waals surface area contributed by atoms with E-state index in [-0.39, 0.29) is 28.7 Å². The molecule has 10 heteroatoms. The molecular formula is C31H32N6O2S2. The fourth-order valence-corrected chi connectivity index (χ4v) is 7.26. The van der Waals surface area contributed by atoms with Gasteiger partial charge < -0.3 is 11.1 Å². The number of hydrogen-bond acceptors (Lipinski definition) is 9. The number of nitrogens with two attached hydrogens (primary N) is 1. The number of nitrogens with one attached hydrogen (secondary N) is 1. The number of benzene rings is 2. The second kappa shape index (κ2) is 11.1. The molecule has 1 unspecified atom stereocenters. The van der Waals surface area contributed by atoms with Gasteiger partial charge in [0.1, 0.15) is 5.82 Å². The lowest BCUT2D eigenvalue weighted by atomic mass is 9.68. The third-order valence-corrected chi connectivity index (χ3v) is 9.46. The zero-order chi connectivity index (χ0) is 29.5. The van der Waals surface area contributed by atoms with Crippen LogP contribution < -0.4 is 16.0 Å². The number of Topliss-reactive ketones (excluding diaryl/α,β-unsaturated/α-hetero) is 1. The Balaban J connectivity index is 1.47. The SMILES string of the molecule is Cc1cccc(C2C(C#N)=C(N)N(c3nnc(SCC(=O)Nc4c(C)cccc4C)s3)C3=C2C(=O)CC(C)(C)C3)c1. The molecule has 1 aromatic heterocycles. The Labute approximate surface area is 248 Å². The van der Waals surface area contributed by atoms with E-state index in [1.54, 1.807) is 4.90 Å². The Hall–Kier alpha value is -3.94. The molecule has 0 spiro atoms. The maximum Gasteiger partial charge on any atom is 0.234 e. The van der Waals surface area contributed by atoms with Gasteiger partial charge in [-0.05, 0) is 49.3 Å². The highest BCUT2D eigenvalue weighted by Crippen LogP contribution is 2.50. The van der Waals surface area contributed by atoms with E-state index >= 15 is 0 Å². The molecule has 2 aliphatic rings. The van der Waals surface area contributed by atoms with Crippen LogP contribution in [0, 0.1) is 37.5 Å². The number of nitrogens with zero attached hydrogens (tertiary/aromatic N) is 4. The Morgan fingerprint density at radius 3 is 2.56 bits per heavy atom. The number of para-hydroxylation sites is 1. The van der Waals surface area contributed by atoms with Crippen LogP contribution in [0.4, 0.5) is 10.8 Å². The summed E-state index contributed by atoms with van der Waals surface area (Å²) in [7, 11) is 0. The Kier molecular flexibility index (Phi) is 7.77. The molecule has 3 N–H and O–H groups in total. The third kappa shape index (κ3) is 5.65. The number of ketones is 1. The van der Waals surface area contributed by atoms with E-state index in [0.29, 0.717) is 33.5 Å². The smallest absolute Gasteiger partial charge is 0.234 e. The molecule has 1 aliphatic heterocycles. The number of nitriles is 1.